The molecule has 1 N–H and O–H groups in total. The molecule has 4 aromatic rings. The van der Waals surface area contributed by atoms with Gasteiger partial charge < -0.3 is 5.32 Å². The van der Waals surface area contributed by atoms with E-state index in [9.17, 15) is 13.2 Å². The number of hydrogen-bond donors (Lipinski definition) is 1. The number of thiophene rings is 1. The van der Waals surface area contributed by atoms with Gasteiger partial charge in [-0.15, -0.1) is 11.3 Å². The average Bonchev–Trinajstić information content (AvgIpc) is 3.55. The molecular formula is C27H28N4O3S2. The Morgan fingerprint density at radius 3 is 2.50 bits per heavy atom. The molecule has 0 spiro atoms. The molecule has 0 radical (unpaired) electrons. The number of benzene rings is 2. The number of nitrogens with one attached hydrogen (secondary N) is 1. The van der Waals surface area contributed by atoms with Gasteiger partial charge in [-0.1, -0.05) is 44.2 Å². The number of hydrogen-bond acceptors (Lipinski definition) is 5. The number of para-hydroxylation sites is 1. The van der Waals surface area contributed by atoms with Crippen molar-refractivity contribution >= 4 is 39.0 Å². The van der Waals surface area contributed by atoms with E-state index in [2.05, 4.69) is 5.32 Å². The van der Waals surface area contributed by atoms with Crippen LogP contribution in [0.25, 0.3) is 22.3 Å². The number of anilines is 1. The third-order valence-corrected chi connectivity index (χ3v) is 8.66. The van der Waals surface area contributed by atoms with Gasteiger partial charge in [0.05, 0.1) is 15.5 Å². The van der Waals surface area contributed by atoms with E-state index in [1.54, 1.807) is 48.1 Å². The molecule has 2 aromatic carbocycles. The molecule has 2 heterocycles. The maximum atomic E-state index is 12.9. The Morgan fingerprint density at radius 1 is 1.08 bits per heavy atom. The second-order valence-electron chi connectivity index (χ2n) is 8.08. The lowest BCUT2D eigenvalue weighted by atomic mass is 10.2. The lowest BCUT2D eigenvalue weighted by molar-refractivity contribution is -0.111. The lowest BCUT2D eigenvalue weighted by Gasteiger charge is -2.19. The van der Waals surface area contributed by atoms with Crippen molar-refractivity contribution in [1.82, 2.24) is 14.1 Å². The summed E-state index contributed by atoms with van der Waals surface area (Å²) in [5.41, 5.74) is 3.72. The van der Waals surface area contributed by atoms with Gasteiger partial charge in [0.15, 0.2) is 0 Å². The van der Waals surface area contributed by atoms with Gasteiger partial charge in [0, 0.05) is 36.6 Å². The molecule has 4 rings (SSSR count). The quantitative estimate of drug-likeness (QED) is 0.292. The Balaban J connectivity index is 1.60. The zero-order valence-electron chi connectivity index (χ0n) is 20.4. The van der Waals surface area contributed by atoms with E-state index in [0.717, 1.165) is 27.4 Å². The topological polar surface area (TPSA) is 84.3 Å². The standard InChI is InChI=1S/C27H28N4O3S2/c1-4-30(5-2)36(33,34)23-15-13-20(3)24(18-23)28-26(32)16-14-21-19-31(22-10-7-6-8-11-22)29-27(21)25-12-9-17-35-25/h6-19H,4-5H2,1-3H3,(H,28,32)/b16-14+. The summed E-state index contributed by atoms with van der Waals surface area (Å²) >= 11 is 1.58. The average molecular weight is 521 g/mol. The highest BCUT2D eigenvalue weighted by Gasteiger charge is 2.22. The molecule has 0 unspecified atom stereocenters. The Kier molecular flexibility index (Phi) is 7.83. The van der Waals surface area contributed by atoms with Crippen LogP contribution in [0.2, 0.25) is 0 Å². The first kappa shape index (κ1) is 25.6. The van der Waals surface area contributed by atoms with Crippen LogP contribution in [0, 0.1) is 6.92 Å². The van der Waals surface area contributed by atoms with Crippen LogP contribution in [0.1, 0.15) is 25.0 Å². The maximum absolute atomic E-state index is 12.9. The van der Waals surface area contributed by atoms with Crippen LogP contribution in [-0.2, 0) is 14.8 Å². The van der Waals surface area contributed by atoms with E-state index in [4.69, 9.17) is 5.10 Å². The summed E-state index contributed by atoms with van der Waals surface area (Å²) in [5.74, 6) is -0.361. The molecule has 0 saturated heterocycles. The summed E-state index contributed by atoms with van der Waals surface area (Å²) in [6, 6.07) is 18.5. The number of rotatable bonds is 9. The van der Waals surface area contributed by atoms with E-state index < -0.39 is 10.0 Å². The summed E-state index contributed by atoms with van der Waals surface area (Å²) in [4.78, 5) is 14.0. The van der Waals surface area contributed by atoms with Crippen molar-refractivity contribution in [1.29, 1.82) is 0 Å². The second-order valence-corrected chi connectivity index (χ2v) is 11.0. The molecule has 7 nitrogen and oxygen atoms in total. The SMILES string of the molecule is CCN(CC)S(=O)(=O)c1ccc(C)c(NC(=O)/C=C/c2cn(-c3ccccc3)nc2-c2cccs2)c1. The molecule has 0 aliphatic carbocycles. The van der Waals surface area contributed by atoms with Crippen molar-refractivity contribution in [3.8, 4) is 16.3 Å². The number of carbonyl (C=O) groups is 1. The highest BCUT2D eigenvalue weighted by atomic mass is 32.2. The fourth-order valence-corrected chi connectivity index (χ4v) is 5.99. The third kappa shape index (κ3) is 5.48. The van der Waals surface area contributed by atoms with Crippen LogP contribution in [-0.4, -0.2) is 41.5 Å². The van der Waals surface area contributed by atoms with Crippen molar-refractivity contribution in [2.75, 3.05) is 18.4 Å². The number of aromatic nitrogens is 2. The molecule has 0 saturated carbocycles. The second kappa shape index (κ2) is 11.0. The van der Waals surface area contributed by atoms with Gasteiger partial charge in [0.1, 0.15) is 5.69 Å². The third-order valence-electron chi connectivity index (χ3n) is 5.74. The maximum Gasteiger partial charge on any atom is 0.248 e. The molecule has 0 bridgehead atoms. The highest BCUT2D eigenvalue weighted by molar-refractivity contribution is 7.89. The summed E-state index contributed by atoms with van der Waals surface area (Å²) in [5, 5.41) is 9.56. The molecule has 0 aliphatic heterocycles. The summed E-state index contributed by atoms with van der Waals surface area (Å²) in [6.45, 7) is 6.17. The van der Waals surface area contributed by atoms with E-state index in [1.165, 1.54) is 16.4 Å². The van der Waals surface area contributed by atoms with Crippen LogP contribution in [0.4, 0.5) is 5.69 Å². The normalized spacial score (nSPS) is 11.9. The Labute approximate surface area is 215 Å². The first-order valence-electron chi connectivity index (χ1n) is 11.6. The first-order chi connectivity index (χ1) is 17.3. The zero-order valence-corrected chi connectivity index (χ0v) is 22.0. The number of carbonyl (C=O) groups excluding carboxylic acids is 1. The van der Waals surface area contributed by atoms with Crippen LogP contribution < -0.4 is 5.32 Å². The van der Waals surface area contributed by atoms with Gasteiger partial charge in [0.2, 0.25) is 15.9 Å². The predicted octanol–water partition coefficient (Wildman–Crippen LogP) is 5.59. The van der Waals surface area contributed by atoms with Gasteiger partial charge in [-0.05, 0) is 54.3 Å². The minimum absolute atomic E-state index is 0.153. The smallest absolute Gasteiger partial charge is 0.248 e. The fourth-order valence-electron chi connectivity index (χ4n) is 3.78. The van der Waals surface area contributed by atoms with Gasteiger partial charge in [-0.25, -0.2) is 13.1 Å². The van der Waals surface area contributed by atoms with Gasteiger partial charge in [0.25, 0.3) is 0 Å². The molecule has 2 aromatic heterocycles. The zero-order chi connectivity index (χ0) is 25.7. The van der Waals surface area contributed by atoms with Crippen molar-refractivity contribution < 1.29 is 13.2 Å². The Hall–Kier alpha value is -3.53. The number of sulfonamides is 1. The molecular weight excluding hydrogens is 492 g/mol. The predicted molar refractivity (Wildman–Crippen MR) is 146 cm³/mol. The Morgan fingerprint density at radius 2 is 1.83 bits per heavy atom. The summed E-state index contributed by atoms with van der Waals surface area (Å²) in [7, 11) is -3.63. The highest BCUT2D eigenvalue weighted by Crippen LogP contribution is 2.29. The van der Waals surface area contributed by atoms with Crippen LogP contribution in [0.15, 0.2) is 83.2 Å². The number of nitrogens with zero attached hydrogens (tertiary/aromatic N) is 3. The molecule has 0 fully saturated rings. The Bertz CT molecular complexity index is 1470. The van der Waals surface area contributed by atoms with Crippen LogP contribution in [0.5, 0.6) is 0 Å². The number of amides is 1. The van der Waals surface area contributed by atoms with Gasteiger partial charge in [-0.2, -0.15) is 9.40 Å². The first-order valence-corrected chi connectivity index (χ1v) is 13.9. The molecule has 1 amide bonds. The number of aryl methyl sites for hydroxylation is 1. The lowest BCUT2D eigenvalue weighted by Crippen LogP contribution is -2.30. The van der Waals surface area contributed by atoms with Crippen LogP contribution >= 0.6 is 11.3 Å². The van der Waals surface area contributed by atoms with Crippen LogP contribution in [0.3, 0.4) is 0 Å². The van der Waals surface area contributed by atoms with E-state index >= 15 is 0 Å². The van der Waals surface area contributed by atoms with E-state index in [-0.39, 0.29) is 10.8 Å². The van der Waals surface area contributed by atoms with Crippen molar-refractivity contribution in [2.24, 2.45) is 0 Å². The van der Waals surface area contributed by atoms with Crippen molar-refractivity contribution in [2.45, 2.75) is 25.7 Å². The van der Waals surface area contributed by atoms with Gasteiger partial charge in [-0.3, -0.25) is 4.79 Å². The molecule has 9 heteroatoms. The van der Waals surface area contributed by atoms with E-state index in [1.807, 2.05) is 61.0 Å². The largest absolute Gasteiger partial charge is 0.322 e. The van der Waals surface area contributed by atoms with E-state index in [0.29, 0.717) is 18.8 Å². The molecule has 36 heavy (non-hydrogen) atoms. The minimum atomic E-state index is -3.63. The molecule has 0 atom stereocenters. The molecule has 186 valence electrons. The molecule has 0 aliphatic rings. The summed E-state index contributed by atoms with van der Waals surface area (Å²) in [6.07, 6.45) is 5.05. The monoisotopic (exact) mass is 520 g/mol. The summed E-state index contributed by atoms with van der Waals surface area (Å²) < 4.78 is 29.0. The van der Waals surface area contributed by atoms with Crippen molar-refractivity contribution in [3.63, 3.8) is 0 Å². The van der Waals surface area contributed by atoms with Gasteiger partial charge >= 0.3 is 0 Å². The fraction of sp³-hybridized carbons (Fsp3) is 0.185. The minimum Gasteiger partial charge on any atom is -0.322 e. The van der Waals surface area contributed by atoms with Crippen molar-refractivity contribution in [3.05, 3.63) is 89.4 Å².